The Labute approximate surface area is 145 Å². The zero-order valence-electron chi connectivity index (χ0n) is 14.1. The molecule has 0 bridgehead atoms. The van der Waals surface area contributed by atoms with Crippen molar-refractivity contribution in [2.24, 2.45) is 0 Å². The number of ether oxygens (including phenoxy) is 2. The average molecular weight is 345 g/mol. The van der Waals surface area contributed by atoms with Crippen LogP contribution in [-0.2, 0) is 17.3 Å². The third-order valence-corrected chi connectivity index (χ3v) is 5.08. The summed E-state index contributed by atoms with van der Waals surface area (Å²) in [6.07, 6.45) is 2.61. The van der Waals surface area contributed by atoms with E-state index in [4.69, 9.17) is 9.47 Å². The number of nitrogens with one attached hydrogen (secondary N) is 1. The van der Waals surface area contributed by atoms with Gasteiger partial charge in [-0.3, -0.25) is 4.21 Å². The molecule has 0 saturated heterocycles. The van der Waals surface area contributed by atoms with Crippen molar-refractivity contribution in [1.82, 2.24) is 5.32 Å². The van der Waals surface area contributed by atoms with E-state index in [0.717, 1.165) is 29.4 Å². The van der Waals surface area contributed by atoms with Gasteiger partial charge in [-0.1, -0.05) is 18.2 Å². The van der Waals surface area contributed by atoms with Gasteiger partial charge in [0.25, 0.3) is 0 Å². The third-order valence-electron chi connectivity index (χ3n) is 4.14. The molecule has 0 aromatic heterocycles. The molecule has 2 atom stereocenters. The summed E-state index contributed by atoms with van der Waals surface area (Å²) in [7, 11) is -0.929. The maximum absolute atomic E-state index is 11.4. The minimum atomic E-state index is -0.929. The van der Waals surface area contributed by atoms with E-state index in [0.29, 0.717) is 13.2 Å². The third kappa shape index (κ3) is 4.16. The molecular formula is C19H23NO3S. The van der Waals surface area contributed by atoms with Crippen molar-refractivity contribution in [3.8, 4) is 11.5 Å². The lowest BCUT2D eigenvalue weighted by Crippen LogP contribution is -2.18. The number of benzene rings is 2. The van der Waals surface area contributed by atoms with Crippen LogP contribution in [0.5, 0.6) is 11.5 Å². The van der Waals surface area contributed by atoms with Gasteiger partial charge >= 0.3 is 0 Å². The minimum Gasteiger partial charge on any atom is -0.490 e. The quantitative estimate of drug-likeness (QED) is 0.902. The molecule has 1 aliphatic rings. The number of hydrogen-bond donors (Lipinski definition) is 1. The molecule has 24 heavy (non-hydrogen) atoms. The van der Waals surface area contributed by atoms with Crippen molar-refractivity contribution >= 4 is 10.8 Å². The van der Waals surface area contributed by atoms with E-state index in [9.17, 15) is 4.21 Å². The first-order valence-corrected chi connectivity index (χ1v) is 9.74. The largest absolute Gasteiger partial charge is 0.490 e. The summed E-state index contributed by atoms with van der Waals surface area (Å²) in [5, 5.41) is 3.51. The van der Waals surface area contributed by atoms with Crippen LogP contribution in [0.1, 0.15) is 30.5 Å². The van der Waals surface area contributed by atoms with Crippen LogP contribution in [0.3, 0.4) is 0 Å². The molecule has 0 saturated carbocycles. The summed E-state index contributed by atoms with van der Waals surface area (Å²) in [5.74, 6) is 1.65. The van der Waals surface area contributed by atoms with Crippen molar-refractivity contribution in [2.45, 2.75) is 30.8 Å². The Balaban J connectivity index is 1.63. The topological polar surface area (TPSA) is 47.6 Å². The van der Waals surface area contributed by atoms with E-state index in [1.54, 1.807) is 6.26 Å². The second-order valence-corrected chi connectivity index (χ2v) is 7.34. The van der Waals surface area contributed by atoms with Gasteiger partial charge in [0.1, 0.15) is 0 Å². The predicted molar refractivity (Wildman–Crippen MR) is 96.1 cm³/mol. The Morgan fingerprint density at radius 2 is 1.79 bits per heavy atom. The lowest BCUT2D eigenvalue weighted by Gasteiger charge is -2.16. The van der Waals surface area contributed by atoms with Crippen molar-refractivity contribution in [3.63, 3.8) is 0 Å². The van der Waals surface area contributed by atoms with Gasteiger partial charge in [-0.15, -0.1) is 0 Å². The molecule has 0 unspecified atom stereocenters. The highest BCUT2D eigenvalue weighted by atomic mass is 32.2. The molecular weight excluding hydrogens is 322 g/mol. The first-order chi connectivity index (χ1) is 11.6. The maximum atomic E-state index is 11.4. The van der Waals surface area contributed by atoms with Gasteiger partial charge in [-0.25, -0.2) is 0 Å². The van der Waals surface area contributed by atoms with Crippen molar-refractivity contribution in [1.29, 1.82) is 0 Å². The monoisotopic (exact) mass is 345 g/mol. The molecule has 5 heteroatoms. The fourth-order valence-corrected chi connectivity index (χ4v) is 3.16. The number of rotatable bonds is 5. The highest BCUT2D eigenvalue weighted by Crippen LogP contribution is 2.32. The molecule has 1 heterocycles. The average Bonchev–Trinajstić information content (AvgIpc) is 2.84. The molecule has 1 N–H and O–H groups in total. The van der Waals surface area contributed by atoms with E-state index in [1.165, 1.54) is 11.1 Å². The highest BCUT2D eigenvalue weighted by molar-refractivity contribution is 7.84. The van der Waals surface area contributed by atoms with E-state index in [-0.39, 0.29) is 6.04 Å². The van der Waals surface area contributed by atoms with Gasteiger partial charge in [0.15, 0.2) is 11.5 Å². The van der Waals surface area contributed by atoms with Crippen molar-refractivity contribution in [2.75, 3.05) is 19.5 Å². The van der Waals surface area contributed by atoms with Crippen LogP contribution in [0.25, 0.3) is 0 Å². The highest BCUT2D eigenvalue weighted by Gasteiger charge is 2.13. The summed E-state index contributed by atoms with van der Waals surface area (Å²) in [5.41, 5.74) is 2.34. The molecule has 2 aromatic carbocycles. The zero-order valence-corrected chi connectivity index (χ0v) is 14.9. The molecule has 0 amide bonds. The Kier molecular flexibility index (Phi) is 5.53. The van der Waals surface area contributed by atoms with Gasteiger partial charge < -0.3 is 14.8 Å². The fraction of sp³-hybridized carbons (Fsp3) is 0.368. The zero-order chi connectivity index (χ0) is 16.9. The fourth-order valence-electron chi connectivity index (χ4n) is 2.64. The summed E-state index contributed by atoms with van der Waals surface area (Å²) in [4.78, 5) is 0.856. The van der Waals surface area contributed by atoms with Crippen LogP contribution in [-0.4, -0.2) is 23.7 Å². The van der Waals surface area contributed by atoms with Gasteiger partial charge in [-0.2, -0.15) is 0 Å². The molecule has 0 fully saturated rings. The summed E-state index contributed by atoms with van der Waals surface area (Å²) in [6, 6.07) is 14.2. The first-order valence-electron chi connectivity index (χ1n) is 8.19. The van der Waals surface area contributed by atoms with Crippen LogP contribution < -0.4 is 14.8 Å². The van der Waals surface area contributed by atoms with Gasteiger partial charge in [0.2, 0.25) is 0 Å². The summed E-state index contributed by atoms with van der Waals surface area (Å²) >= 11 is 0. The molecule has 0 radical (unpaired) electrons. The van der Waals surface area contributed by atoms with Gasteiger partial charge in [0.05, 0.1) is 13.2 Å². The van der Waals surface area contributed by atoms with Gasteiger partial charge in [0, 0.05) is 41.0 Å². The van der Waals surface area contributed by atoms with E-state index in [1.807, 2.05) is 30.3 Å². The normalized spacial score (nSPS) is 16.2. The van der Waals surface area contributed by atoms with Crippen molar-refractivity contribution in [3.05, 3.63) is 53.6 Å². The van der Waals surface area contributed by atoms with E-state index in [2.05, 4.69) is 24.4 Å². The Morgan fingerprint density at radius 1 is 1.08 bits per heavy atom. The Morgan fingerprint density at radius 3 is 2.50 bits per heavy atom. The molecule has 4 nitrogen and oxygen atoms in total. The molecule has 3 rings (SSSR count). The standard InChI is InChI=1S/C19H23NO3S/c1-14(20-13-15-4-7-17(8-5-15)24(2)21)16-6-9-18-19(12-16)23-11-3-10-22-18/h4-9,12,14,20H,3,10-11,13H2,1-2H3/t14-,24+/m0/s1. The minimum absolute atomic E-state index is 0.196. The number of hydrogen-bond acceptors (Lipinski definition) is 4. The predicted octanol–water partition coefficient (Wildman–Crippen LogP) is 3.44. The van der Waals surface area contributed by atoms with Crippen molar-refractivity contribution < 1.29 is 13.7 Å². The lowest BCUT2D eigenvalue weighted by atomic mass is 10.1. The smallest absolute Gasteiger partial charge is 0.161 e. The van der Waals surface area contributed by atoms with E-state index >= 15 is 0 Å². The van der Waals surface area contributed by atoms with Crippen LogP contribution in [0.15, 0.2) is 47.4 Å². The summed E-state index contributed by atoms with van der Waals surface area (Å²) < 4.78 is 22.9. The molecule has 0 aliphatic carbocycles. The Bertz CT molecular complexity index is 715. The Hall–Kier alpha value is -1.85. The van der Waals surface area contributed by atoms with Gasteiger partial charge in [-0.05, 0) is 42.3 Å². The van der Waals surface area contributed by atoms with Crippen LogP contribution in [0.4, 0.5) is 0 Å². The SMILES string of the molecule is C[C@H](NCc1ccc([S@@](C)=O)cc1)c1ccc2c(c1)OCCCO2. The summed E-state index contributed by atoms with van der Waals surface area (Å²) in [6.45, 7) is 4.29. The molecule has 0 spiro atoms. The number of fused-ring (bicyclic) bond motifs is 1. The second kappa shape index (κ2) is 7.81. The lowest BCUT2D eigenvalue weighted by molar-refractivity contribution is 0.297. The molecule has 1 aliphatic heterocycles. The van der Waals surface area contributed by atoms with Crippen LogP contribution in [0.2, 0.25) is 0 Å². The van der Waals surface area contributed by atoms with E-state index < -0.39 is 10.8 Å². The first kappa shape index (κ1) is 17.0. The molecule has 2 aromatic rings. The van der Waals surface area contributed by atoms with Crippen LogP contribution in [0, 0.1) is 0 Å². The molecule has 128 valence electrons. The second-order valence-electron chi connectivity index (χ2n) is 5.96. The van der Waals surface area contributed by atoms with Crippen LogP contribution >= 0.6 is 0 Å². The maximum Gasteiger partial charge on any atom is 0.161 e.